The molecule has 6 nitrogen and oxygen atoms in total. The molecule has 1 atom stereocenters. The molecule has 168 valence electrons. The Morgan fingerprint density at radius 3 is 2.26 bits per heavy atom. The third kappa shape index (κ3) is 7.33. The van der Waals surface area contributed by atoms with Crippen molar-refractivity contribution in [1.82, 2.24) is 10.2 Å². The second-order valence-electron chi connectivity index (χ2n) is 7.01. The standard InChI is InChI=1S/C23H28Cl2N2O4/c1-4-5-13-26-23(29)16(2)27(14-19-20(24)7-6-8-21(19)25)22(28)15-31-18-11-9-17(30-3)10-12-18/h6-12,16H,4-5,13-15H2,1-3H3,(H,26,29)/t16-/m0/s1. The minimum absolute atomic E-state index is 0.0890. The predicted molar refractivity (Wildman–Crippen MR) is 123 cm³/mol. The van der Waals surface area contributed by atoms with Gasteiger partial charge in [0.1, 0.15) is 17.5 Å². The summed E-state index contributed by atoms with van der Waals surface area (Å²) >= 11 is 12.6. The maximum Gasteiger partial charge on any atom is 0.261 e. The first-order valence-electron chi connectivity index (χ1n) is 10.1. The van der Waals surface area contributed by atoms with E-state index in [1.165, 1.54) is 4.90 Å². The summed E-state index contributed by atoms with van der Waals surface area (Å²) in [6, 6.07) is 11.3. The van der Waals surface area contributed by atoms with Gasteiger partial charge in [-0.25, -0.2) is 0 Å². The highest BCUT2D eigenvalue weighted by atomic mass is 35.5. The Hall–Kier alpha value is -2.44. The van der Waals surface area contributed by atoms with Crippen LogP contribution in [0.25, 0.3) is 0 Å². The van der Waals surface area contributed by atoms with Gasteiger partial charge in [-0.05, 0) is 49.7 Å². The third-order valence-electron chi connectivity index (χ3n) is 4.81. The third-order valence-corrected chi connectivity index (χ3v) is 5.52. The van der Waals surface area contributed by atoms with E-state index < -0.39 is 6.04 Å². The highest BCUT2D eigenvalue weighted by Crippen LogP contribution is 2.26. The number of unbranched alkanes of at least 4 members (excludes halogenated alkanes) is 1. The normalized spacial score (nSPS) is 11.5. The maximum absolute atomic E-state index is 13.1. The van der Waals surface area contributed by atoms with Crippen molar-refractivity contribution in [3.63, 3.8) is 0 Å². The molecule has 2 rings (SSSR count). The zero-order valence-corrected chi connectivity index (χ0v) is 19.5. The van der Waals surface area contributed by atoms with Crippen molar-refractivity contribution in [1.29, 1.82) is 0 Å². The first-order valence-corrected chi connectivity index (χ1v) is 10.9. The largest absolute Gasteiger partial charge is 0.497 e. The number of ether oxygens (including phenoxy) is 2. The van der Waals surface area contributed by atoms with E-state index in [0.29, 0.717) is 33.7 Å². The van der Waals surface area contributed by atoms with Crippen LogP contribution in [0.3, 0.4) is 0 Å². The molecular weight excluding hydrogens is 439 g/mol. The highest BCUT2D eigenvalue weighted by Gasteiger charge is 2.27. The van der Waals surface area contributed by atoms with Gasteiger partial charge in [0.2, 0.25) is 5.91 Å². The number of methoxy groups -OCH3 is 1. The molecule has 0 spiro atoms. The fourth-order valence-corrected chi connectivity index (χ4v) is 3.39. The van der Waals surface area contributed by atoms with Crippen molar-refractivity contribution in [2.75, 3.05) is 20.3 Å². The summed E-state index contributed by atoms with van der Waals surface area (Å²) in [5.74, 6) is 0.607. The molecule has 2 aromatic rings. The second-order valence-corrected chi connectivity index (χ2v) is 7.82. The molecule has 0 saturated heterocycles. The molecule has 0 aliphatic carbocycles. The smallest absolute Gasteiger partial charge is 0.261 e. The van der Waals surface area contributed by atoms with Crippen molar-refractivity contribution in [3.8, 4) is 11.5 Å². The number of carbonyl (C=O) groups is 2. The quantitative estimate of drug-likeness (QED) is 0.486. The molecule has 2 amide bonds. The fraction of sp³-hybridized carbons (Fsp3) is 0.391. The minimum atomic E-state index is -0.726. The Kier molecular flexibility index (Phi) is 9.95. The molecule has 0 aromatic heterocycles. The average molecular weight is 467 g/mol. The van der Waals surface area contributed by atoms with Gasteiger partial charge in [0.05, 0.1) is 7.11 Å². The predicted octanol–water partition coefficient (Wildman–Crippen LogP) is 4.71. The monoisotopic (exact) mass is 466 g/mol. The Balaban J connectivity index is 2.16. The van der Waals surface area contributed by atoms with Crippen LogP contribution >= 0.6 is 23.2 Å². The van der Waals surface area contributed by atoms with Gasteiger partial charge < -0.3 is 19.7 Å². The van der Waals surface area contributed by atoms with Crippen LogP contribution in [0.5, 0.6) is 11.5 Å². The molecule has 0 unspecified atom stereocenters. The van der Waals surface area contributed by atoms with E-state index in [1.807, 2.05) is 6.92 Å². The zero-order valence-electron chi connectivity index (χ0n) is 18.0. The van der Waals surface area contributed by atoms with E-state index in [0.717, 1.165) is 12.8 Å². The van der Waals surface area contributed by atoms with E-state index in [1.54, 1.807) is 56.5 Å². The SMILES string of the molecule is CCCCNC(=O)[C@H](C)N(Cc1c(Cl)cccc1Cl)C(=O)COc1ccc(OC)cc1. The van der Waals surface area contributed by atoms with Gasteiger partial charge in [0.15, 0.2) is 6.61 Å². The van der Waals surface area contributed by atoms with Crippen molar-refractivity contribution in [2.24, 2.45) is 0 Å². The number of carbonyl (C=O) groups excluding carboxylic acids is 2. The van der Waals surface area contributed by atoms with Crippen LogP contribution < -0.4 is 14.8 Å². The number of nitrogens with one attached hydrogen (secondary N) is 1. The highest BCUT2D eigenvalue weighted by molar-refractivity contribution is 6.36. The Morgan fingerprint density at radius 2 is 1.68 bits per heavy atom. The lowest BCUT2D eigenvalue weighted by molar-refractivity contribution is -0.142. The van der Waals surface area contributed by atoms with E-state index in [-0.39, 0.29) is 25.0 Å². The van der Waals surface area contributed by atoms with Crippen LogP contribution in [-0.4, -0.2) is 43.0 Å². The summed E-state index contributed by atoms with van der Waals surface area (Å²) in [7, 11) is 1.57. The van der Waals surface area contributed by atoms with Crippen LogP contribution in [0, 0.1) is 0 Å². The van der Waals surface area contributed by atoms with Crippen LogP contribution in [0.4, 0.5) is 0 Å². The molecule has 8 heteroatoms. The van der Waals surface area contributed by atoms with Crippen LogP contribution in [0.1, 0.15) is 32.3 Å². The van der Waals surface area contributed by atoms with Crippen molar-refractivity contribution < 1.29 is 19.1 Å². The molecule has 1 N–H and O–H groups in total. The van der Waals surface area contributed by atoms with E-state index >= 15 is 0 Å². The molecule has 0 aliphatic heterocycles. The van der Waals surface area contributed by atoms with Crippen molar-refractivity contribution in [2.45, 2.75) is 39.3 Å². The van der Waals surface area contributed by atoms with Crippen LogP contribution in [0.2, 0.25) is 10.0 Å². The van der Waals surface area contributed by atoms with Gasteiger partial charge >= 0.3 is 0 Å². The number of hydrogen-bond acceptors (Lipinski definition) is 4. The first kappa shape index (κ1) is 24.8. The van der Waals surface area contributed by atoms with E-state index in [4.69, 9.17) is 32.7 Å². The maximum atomic E-state index is 13.1. The molecule has 31 heavy (non-hydrogen) atoms. The molecule has 0 heterocycles. The topological polar surface area (TPSA) is 67.9 Å². The molecule has 0 saturated carbocycles. The first-order chi connectivity index (χ1) is 14.9. The lowest BCUT2D eigenvalue weighted by Crippen LogP contribution is -2.49. The van der Waals surface area contributed by atoms with E-state index in [2.05, 4.69) is 5.32 Å². The second kappa shape index (κ2) is 12.4. The Bertz CT molecular complexity index is 854. The molecule has 0 aliphatic rings. The molecule has 0 bridgehead atoms. The summed E-state index contributed by atoms with van der Waals surface area (Å²) in [4.78, 5) is 27.1. The Labute approximate surface area is 193 Å². The zero-order chi connectivity index (χ0) is 22.8. The number of benzene rings is 2. The number of halogens is 2. The van der Waals surface area contributed by atoms with Gasteiger partial charge in [0, 0.05) is 28.7 Å². The summed E-state index contributed by atoms with van der Waals surface area (Å²) in [5.41, 5.74) is 0.580. The summed E-state index contributed by atoms with van der Waals surface area (Å²) in [6.45, 7) is 4.13. The molecule has 0 radical (unpaired) electrons. The van der Waals surface area contributed by atoms with Gasteiger partial charge in [-0.1, -0.05) is 42.6 Å². The summed E-state index contributed by atoms with van der Waals surface area (Å²) < 4.78 is 10.8. The lowest BCUT2D eigenvalue weighted by Gasteiger charge is -2.29. The fourth-order valence-electron chi connectivity index (χ4n) is 2.87. The molecule has 0 fully saturated rings. The number of amides is 2. The van der Waals surface area contributed by atoms with Gasteiger partial charge in [-0.3, -0.25) is 9.59 Å². The number of hydrogen-bond donors (Lipinski definition) is 1. The van der Waals surface area contributed by atoms with Crippen molar-refractivity contribution in [3.05, 3.63) is 58.1 Å². The molecular formula is C23H28Cl2N2O4. The van der Waals surface area contributed by atoms with Crippen LogP contribution in [0.15, 0.2) is 42.5 Å². The van der Waals surface area contributed by atoms with Gasteiger partial charge in [-0.15, -0.1) is 0 Å². The van der Waals surface area contributed by atoms with Gasteiger partial charge in [0.25, 0.3) is 5.91 Å². The van der Waals surface area contributed by atoms with E-state index in [9.17, 15) is 9.59 Å². The van der Waals surface area contributed by atoms with Crippen LogP contribution in [-0.2, 0) is 16.1 Å². The lowest BCUT2D eigenvalue weighted by atomic mass is 10.1. The van der Waals surface area contributed by atoms with Crippen molar-refractivity contribution >= 4 is 35.0 Å². The molecule has 2 aromatic carbocycles. The summed E-state index contributed by atoms with van der Waals surface area (Å²) in [6.07, 6.45) is 1.82. The number of nitrogens with zero attached hydrogens (tertiary/aromatic N) is 1. The van der Waals surface area contributed by atoms with Gasteiger partial charge in [-0.2, -0.15) is 0 Å². The minimum Gasteiger partial charge on any atom is -0.497 e. The summed E-state index contributed by atoms with van der Waals surface area (Å²) in [5, 5.41) is 3.73. The average Bonchev–Trinajstić information content (AvgIpc) is 2.77. The number of rotatable bonds is 11. The Morgan fingerprint density at radius 1 is 1.06 bits per heavy atom.